The van der Waals surface area contributed by atoms with Gasteiger partial charge in [-0.05, 0) is 35.0 Å². The molecule has 18 heavy (non-hydrogen) atoms. The van der Waals surface area contributed by atoms with Gasteiger partial charge in [-0.15, -0.1) is 0 Å². The topological polar surface area (TPSA) is 97.6 Å². The second-order valence-corrected chi connectivity index (χ2v) is 4.00. The summed E-state index contributed by atoms with van der Waals surface area (Å²) in [7, 11) is 1.36. The molecular weight excluding hydrogens is 308 g/mol. The van der Waals surface area contributed by atoms with Crippen molar-refractivity contribution in [1.82, 2.24) is 10.6 Å². The first-order valence-electron chi connectivity index (χ1n) is 4.93. The van der Waals surface area contributed by atoms with Gasteiger partial charge in [0.2, 0.25) is 5.76 Å². The number of ether oxygens (including phenoxy) is 1. The summed E-state index contributed by atoms with van der Waals surface area (Å²) in [5.41, 5.74) is 0. The molecule has 2 N–H and O–H groups in total. The van der Waals surface area contributed by atoms with Crippen molar-refractivity contribution < 1.29 is 23.5 Å². The molecule has 1 heterocycles. The van der Waals surface area contributed by atoms with Crippen LogP contribution in [-0.4, -0.2) is 31.1 Å². The number of halogens is 1. The van der Waals surface area contributed by atoms with Crippen molar-refractivity contribution in [2.24, 2.45) is 0 Å². The Hall–Kier alpha value is -1.83. The molecule has 0 saturated heterocycles. The van der Waals surface area contributed by atoms with Crippen molar-refractivity contribution in [2.75, 3.05) is 7.05 Å². The van der Waals surface area contributed by atoms with E-state index in [4.69, 9.17) is 9.15 Å². The Balaban J connectivity index is 2.54. The molecule has 7 nitrogen and oxygen atoms in total. The normalized spacial score (nSPS) is 11.5. The fourth-order valence-corrected chi connectivity index (χ4v) is 1.28. The molecule has 1 atom stereocenters. The number of carbonyl (C=O) groups is 3. The van der Waals surface area contributed by atoms with E-state index in [1.165, 1.54) is 26.1 Å². The predicted molar refractivity (Wildman–Crippen MR) is 63.9 cm³/mol. The number of hydrogen-bond donors (Lipinski definition) is 2. The molecule has 0 bridgehead atoms. The van der Waals surface area contributed by atoms with Gasteiger partial charge in [-0.2, -0.15) is 0 Å². The Morgan fingerprint density at radius 3 is 2.56 bits per heavy atom. The summed E-state index contributed by atoms with van der Waals surface area (Å²) in [6.45, 7) is 1.34. The van der Waals surface area contributed by atoms with Crippen LogP contribution in [0, 0.1) is 0 Å². The van der Waals surface area contributed by atoms with Gasteiger partial charge in [-0.3, -0.25) is 10.1 Å². The van der Waals surface area contributed by atoms with E-state index in [0.717, 1.165) is 0 Å². The van der Waals surface area contributed by atoms with Crippen molar-refractivity contribution in [2.45, 2.75) is 13.0 Å². The van der Waals surface area contributed by atoms with Gasteiger partial charge in [0.1, 0.15) is 0 Å². The molecule has 0 aliphatic carbocycles. The van der Waals surface area contributed by atoms with E-state index in [9.17, 15) is 14.4 Å². The molecule has 1 aromatic heterocycles. The molecule has 0 aliphatic rings. The lowest BCUT2D eigenvalue weighted by molar-refractivity contribution is -0.128. The van der Waals surface area contributed by atoms with Crippen LogP contribution < -0.4 is 10.6 Å². The summed E-state index contributed by atoms with van der Waals surface area (Å²) < 4.78 is 10.1. The number of nitrogens with one attached hydrogen (secondary N) is 2. The lowest BCUT2D eigenvalue weighted by Gasteiger charge is -2.11. The summed E-state index contributed by atoms with van der Waals surface area (Å²) in [6.07, 6.45) is -1.11. The third-order valence-corrected chi connectivity index (χ3v) is 2.32. The zero-order chi connectivity index (χ0) is 13.7. The van der Waals surface area contributed by atoms with Gasteiger partial charge in [-0.25, -0.2) is 9.59 Å². The monoisotopic (exact) mass is 318 g/mol. The minimum absolute atomic E-state index is 0.0403. The van der Waals surface area contributed by atoms with Crippen LogP contribution in [0.4, 0.5) is 4.79 Å². The number of amides is 3. The Bertz CT molecular complexity index is 471. The molecule has 0 saturated carbocycles. The first-order chi connectivity index (χ1) is 8.43. The molecule has 0 aromatic carbocycles. The number of carbonyl (C=O) groups excluding carboxylic acids is 3. The second kappa shape index (κ2) is 6.20. The van der Waals surface area contributed by atoms with Crippen molar-refractivity contribution >= 4 is 33.8 Å². The average molecular weight is 319 g/mol. The maximum Gasteiger partial charge on any atom is 0.375 e. The summed E-state index contributed by atoms with van der Waals surface area (Å²) in [6, 6.07) is 2.24. The van der Waals surface area contributed by atoms with Gasteiger partial charge < -0.3 is 14.5 Å². The molecule has 1 rings (SSSR count). The Morgan fingerprint density at radius 1 is 1.39 bits per heavy atom. The lowest BCUT2D eigenvalue weighted by Crippen LogP contribution is -2.43. The highest BCUT2D eigenvalue weighted by Gasteiger charge is 2.22. The maximum absolute atomic E-state index is 11.5. The first-order valence-corrected chi connectivity index (χ1v) is 5.72. The Kier molecular flexibility index (Phi) is 4.90. The number of furan rings is 1. The van der Waals surface area contributed by atoms with Crippen LogP contribution in [0.2, 0.25) is 0 Å². The largest absolute Gasteiger partial charge is 0.447 e. The zero-order valence-corrected chi connectivity index (χ0v) is 11.2. The van der Waals surface area contributed by atoms with Gasteiger partial charge in [-0.1, -0.05) is 0 Å². The lowest BCUT2D eigenvalue weighted by atomic mass is 10.3. The van der Waals surface area contributed by atoms with E-state index in [1.54, 1.807) is 0 Å². The molecule has 0 radical (unpaired) electrons. The van der Waals surface area contributed by atoms with Gasteiger partial charge in [0.05, 0.1) is 0 Å². The van der Waals surface area contributed by atoms with Gasteiger partial charge >= 0.3 is 12.0 Å². The van der Waals surface area contributed by atoms with Gasteiger partial charge in [0, 0.05) is 7.05 Å². The van der Waals surface area contributed by atoms with Crippen molar-refractivity contribution in [1.29, 1.82) is 0 Å². The molecule has 0 fully saturated rings. The fourth-order valence-electron chi connectivity index (χ4n) is 0.972. The predicted octanol–water partition coefficient (Wildman–Crippen LogP) is 1.04. The van der Waals surface area contributed by atoms with Crippen molar-refractivity contribution in [3.05, 3.63) is 22.6 Å². The van der Waals surface area contributed by atoms with Crippen LogP contribution >= 0.6 is 15.9 Å². The Labute approximate surface area is 111 Å². The number of imide groups is 1. The van der Waals surface area contributed by atoms with Crippen LogP contribution in [0.1, 0.15) is 17.5 Å². The maximum atomic E-state index is 11.5. The fraction of sp³-hybridized carbons (Fsp3) is 0.300. The van der Waals surface area contributed by atoms with Gasteiger partial charge in [0.25, 0.3) is 5.91 Å². The third kappa shape index (κ3) is 3.88. The molecule has 8 heteroatoms. The van der Waals surface area contributed by atoms with E-state index >= 15 is 0 Å². The molecule has 3 amide bonds. The summed E-state index contributed by atoms with van der Waals surface area (Å²) in [4.78, 5) is 33.8. The SMILES string of the molecule is CNC(=O)NC(=O)[C@H](C)OC(=O)c1ccc(Br)o1. The molecule has 0 unspecified atom stereocenters. The minimum atomic E-state index is -1.11. The minimum Gasteiger partial charge on any atom is -0.447 e. The third-order valence-electron chi connectivity index (χ3n) is 1.89. The van der Waals surface area contributed by atoms with Crippen LogP contribution in [0.25, 0.3) is 0 Å². The smallest absolute Gasteiger partial charge is 0.375 e. The number of urea groups is 1. The van der Waals surface area contributed by atoms with Crippen molar-refractivity contribution in [3.63, 3.8) is 0 Å². The van der Waals surface area contributed by atoms with Crippen LogP contribution in [0.3, 0.4) is 0 Å². The first kappa shape index (κ1) is 14.2. The number of esters is 1. The molecular formula is C10H11BrN2O5. The average Bonchev–Trinajstić information content (AvgIpc) is 2.75. The standard InChI is InChI=1S/C10H11BrN2O5/c1-5(8(14)13-10(16)12-2)17-9(15)6-3-4-7(11)18-6/h3-5H,1-2H3,(H2,12,13,14,16)/t5-/m0/s1. The van der Waals surface area contributed by atoms with E-state index < -0.39 is 24.0 Å². The molecule has 1 aromatic rings. The second-order valence-electron chi connectivity index (χ2n) is 3.22. The molecule has 0 spiro atoms. The van der Waals surface area contributed by atoms with Gasteiger partial charge in [0.15, 0.2) is 10.8 Å². The van der Waals surface area contributed by atoms with Crippen LogP contribution in [-0.2, 0) is 9.53 Å². The van der Waals surface area contributed by atoms with E-state index in [0.29, 0.717) is 4.67 Å². The van der Waals surface area contributed by atoms with E-state index in [2.05, 4.69) is 21.2 Å². The summed E-state index contributed by atoms with van der Waals surface area (Å²) in [5.74, 6) is -1.56. The zero-order valence-electron chi connectivity index (χ0n) is 9.65. The number of hydrogen-bond acceptors (Lipinski definition) is 5. The summed E-state index contributed by atoms with van der Waals surface area (Å²) in [5, 5.41) is 4.19. The highest BCUT2D eigenvalue weighted by molar-refractivity contribution is 9.10. The highest BCUT2D eigenvalue weighted by Crippen LogP contribution is 2.15. The van der Waals surface area contributed by atoms with E-state index in [-0.39, 0.29) is 5.76 Å². The van der Waals surface area contributed by atoms with Crippen LogP contribution in [0.15, 0.2) is 21.2 Å². The number of rotatable bonds is 3. The summed E-state index contributed by atoms with van der Waals surface area (Å²) >= 11 is 3.03. The quantitative estimate of drug-likeness (QED) is 0.811. The van der Waals surface area contributed by atoms with Crippen LogP contribution in [0.5, 0.6) is 0 Å². The highest BCUT2D eigenvalue weighted by atomic mass is 79.9. The molecule has 0 aliphatic heterocycles. The van der Waals surface area contributed by atoms with Crippen molar-refractivity contribution in [3.8, 4) is 0 Å². The van der Waals surface area contributed by atoms with E-state index in [1.807, 2.05) is 5.32 Å². The Morgan fingerprint density at radius 2 is 2.06 bits per heavy atom. The molecule has 98 valence electrons.